The number of benzene rings is 3. The highest BCUT2D eigenvalue weighted by atomic mass is 19.4. The summed E-state index contributed by atoms with van der Waals surface area (Å²) in [6.07, 6.45) is -3.96. The number of piperidine rings is 1. The van der Waals surface area contributed by atoms with Gasteiger partial charge in [-0.1, -0.05) is 30.3 Å². The molecule has 3 aromatic carbocycles. The van der Waals surface area contributed by atoms with E-state index in [-0.39, 0.29) is 70.0 Å². The number of nitrogens with zero attached hydrogens (tertiary/aromatic N) is 3. The second-order valence-corrected chi connectivity index (χ2v) is 10.9. The predicted molar refractivity (Wildman–Crippen MR) is 154 cm³/mol. The normalized spacial score (nSPS) is 17.2. The third-order valence-corrected chi connectivity index (χ3v) is 8.16. The smallest absolute Gasteiger partial charge is 0.416 e. The highest BCUT2D eigenvalue weighted by molar-refractivity contribution is 5.97. The van der Waals surface area contributed by atoms with Crippen molar-refractivity contribution in [3.8, 4) is 11.5 Å². The molecule has 0 aromatic heterocycles. The number of rotatable bonds is 6. The van der Waals surface area contributed by atoms with Gasteiger partial charge < -0.3 is 34.8 Å². The zero-order valence-electron chi connectivity index (χ0n) is 23.6. The minimum absolute atomic E-state index is 0.0332. The molecular weight excluding hydrogens is 579 g/mol. The van der Waals surface area contributed by atoms with Gasteiger partial charge in [-0.3, -0.25) is 9.59 Å². The Morgan fingerprint density at radius 3 is 2.41 bits per heavy atom. The molecule has 3 heterocycles. The van der Waals surface area contributed by atoms with Gasteiger partial charge in [-0.25, -0.2) is 4.79 Å². The number of urea groups is 1. The van der Waals surface area contributed by atoms with Gasteiger partial charge in [0.25, 0.3) is 5.91 Å². The topological polar surface area (TPSA) is 103 Å². The summed E-state index contributed by atoms with van der Waals surface area (Å²) in [5, 5.41) is 5.41. The Morgan fingerprint density at radius 1 is 0.909 bits per heavy atom. The number of likely N-dealkylation sites (tertiary alicyclic amines) is 1. The number of nitrogens with one attached hydrogen (secondary N) is 2. The van der Waals surface area contributed by atoms with Crippen LogP contribution in [-0.2, 0) is 22.3 Å². The summed E-state index contributed by atoms with van der Waals surface area (Å²) in [7, 11) is 0. The molecule has 2 saturated heterocycles. The average Bonchev–Trinajstić information content (AvgIpc) is 3.59. The molecule has 2 fully saturated rings. The Kier molecular flexibility index (Phi) is 7.70. The molecule has 13 heteroatoms. The van der Waals surface area contributed by atoms with Gasteiger partial charge in [0.05, 0.1) is 12.2 Å². The van der Waals surface area contributed by atoms with E-state index in [1.54, 1.807) is 12.1 Å². The fourth-order valence-corrected chi connectivity index (χ4v) is 5.86. The van der Waals surface area contributed by atoms with Crippen molar-refractivity contribution < 1.29 is 37.0 Å². The van der Waals surface area contributed by atoms with Crippen LogP contribution in [0.4, 0.5) is 29.3 Å². The molecule has 0 unspecified atom stereocenters. The summed E-state index contributed by atoms with van der Waals surface area (Å²) in [6.45, 7) is 0.847. The number of hydrogen-bond acceptors (Lipinski definition) is 6. The maximum Gasteiger partial charge on any atom is 0.416 e. The Balaban J connectivity index is 1.12. The van der Waals surface area contributed by atoms with Gasteiger partial charge in [0.15, 0.2) is 11.5 Å². The lowest BCUT2D eigenvalue weighted by Crippen LogP contribution is -2.58. The molecule has 3 aliphatic rings. The number of hydrogen-bond donors (Lipinski definition) is 2. The van der Waals surface area contributed by atoms with E-state index in [0.717, 1.165) is 23.4 Å². The number of carbonyl (C=O) groups is 3. The van der Waals surface area contributed by atoms with Crippen molar-refractivity contribution in [3.05, 3.63) is 83.9 Å². The second-order valence-electron chi connectivity index (χ2n) is 10.9. The zero-order chi connectivity index (χ0) is 30.9. The van der Waals surface area contributed by atoms with Gasteiger partial charge in [-0.05, 0) is 60.9 Å². The zero-order valence-corrected chi connectivity index (χ0v) is 23.6. The van der Waals surface area contributed by atoms with Gasteiger partial charge >= 0.3 is 12.2 Å². The molecular formula is C31H30F3N5O5. The van der Waals surface area contributed by atoms with E-state index < -0.39 is 23.3 Å². The monoisotopic (exact) mass is 609 g/mol. The minimum atomic E-state index is -4.53. The van der Waals surface area contributed by atoms with Gasteiger partial charge in [0, 0.05) is 31.0 Å². The Morgan fingerprint density at radius 2 is 1.66 bits per heavy atom. The van der Waals surface area contributed by atoms with Gasteiger partial charge in [-0.2, -0.15) is 13.2 Å². The van der Waals surface area contributed by atoms with Crippen molar-refractivity contribution in [2.24, 2.45) is 0 Å². The van der Waals surface area contributed by atoms with Crippen molar-refractivity contribution in [1.29, 1.82) is 0 Å². The fourth-order valence-electron chi connectivity index (χ4n) is 5.86. The highest BCUT2D eigenvalue weighted by Gasteiger charge is 2.54. The van der Waals surface area contributed by atoms with E-state index in [0.29, 0.717) is 11.5 Å². The first-order chi connectivity index (χ1) is 21.1. The largest absolute Gasteiger partial charge is 0.454 e. The lowest BCUT2D eigenvalue weighted by molar-refractivity contribution is -0.137. The number of para-hydroxylation sites is 1. The van der Waals surface area contributed by atoms with Crippen LogP contribution in [0.15, 0.2) is 72.8 Å². The Bertz CT molecular complexity index is 1560. The Hall–Kier alpha value is -4.94. The van der Waals surface area contributed by atoms with Crippen molar-refractivity contribution in [2.45, 2.75) is 31.1 Å². The lowest BCUT2D eigenvalue weighted by Gasteiger charge is -2.43. The van der Waals surface area contributed by atoms with E-state index in [1.807, 2.05) is 41.3 Å². The maximum atomic E-state index is 14.0. The van der Waals surface area contributed by atoms with E-state index in [4.69, 9.17) is 9.47 Å². The Labute approximate surface area is 251 Å². The number of alkyl halides is 3. The van der Waals surface area contributed by atoms with Crippen LogP contribution in [-0.4, -0.2) is 66.3 Å². The number of carbonyl (C=O) groups excluding carboxylic acids is 3. The van der Waals surface area contributed by atoms with Crippen LogP contribution in [0.5, 0.6) is 11.5 Å². The third kappa shape index (κ3) is 5.81. The number of halogens is 3. The van der Waals surface area contributed by atoms with Crippen LogP contribution >= 0.6 is 0 Å². The quantitative estimate of drug-likeness (QED) is 0.429. The van der Waals surface area contributed by atoms with Crippen LogP contribution in [0, 0.1) is 0 Å². The number of fused-ring (bicyclic) bond motifs is 1. The summed E-state index contributed by atoms with van der Waals surface area (Å²) < 4.78 is 50.1. The van der Waals surface area contributed by atoms with Gasteiger partial charge in [0.2, 0.25) is 12.7 Å². The molecule has 4 amide bonds. The summed E-state index contributed by atoms with van der Waals surface area (Å²) in [5.41, 5.74) is -0.167. The van der Waals surface area contributed by atoms with Crippen LogP contribution in [0.1, 0.15) is 24.0 Å². The van der Waals surface area contributed by atoms with E-state index >= 15 is 0 Å². The molecule has 10 nitrogen and oxygen atoms in total. The molecule has 0 bridgehead atoms. The van der Waals surface area contributed by atoms with Crippen molar-refractivity contribution in [1.82, 2.24) is 15.1 Å². The molecule has 6 rings (SSSR count). The first kappa shape index (κ1) is 29.1. The van der Waals surface area contributed by atoms with Gasteiger partial charge in [0.1, 0.15) is 12.1 Å². The van der Waals surface area contributed by atoms with Crippen molar-refractivity contribution in [3.63, 3.8) is 0 Å². The highest BCUT2D eigenvalue weighted by Crippen LogP contribution is 2.40. The second kappa shape index (κ2) is 11.6. The summed E-state index contributed by atoms with van der Waals surface area (Å²) >= 11 is 0. The van der Waals surface area contributed by atoms with Crippen LogP contribution < -0.4 is 25.0 Å². The van der Waals surface area contributed by atoms with Crippen molar-refractivity contribution >= 4 is 29.2 Å². The summed E-state index contributed by atoms with van der Waals surface area (Å²) in [4.78, 5) is 44.9. The molecule has 3 aromatic rings. The molecule has 0 aliphatic carbocycles. The number of anilines is 2. The number of ether oxygens (including phenoxy) is 2. The average molecular weight is 610 g/mol. The van der Waals surface area contributed by atoms with Crippen molar-refractivity contribution in [2.75, 3.05) is 43.3 Å². The number of amides is 4. The third-order valence-electron chi connectivity index (χ3n) is 8.16. The molecule has 0 atom stereocenters. The first-order valence-electron chi connectivity index (χ1n) is 14.1. The van der Waals surface area contributed by atoms with E-state index in [9.17, 15) is 27.6 Å². The summed E-state index contributed by atoms with van der Waals surface area (Å²) in [6, 6.07) is 18.7. The van der Waals surface area contributed by atoms with Gasteiger partial charge in [-0.15, -0.1) is 0 Å². The predicted octanol–water partition coefficient (Wildman–Crippen LogP) is 4.42. The molecule has 1 spiro atoms. The van der Waals surface area contributed by atoms with E-state index in [2.05, 4.69) is 10.6 Å². The molecule has 0 radical (unpaired) electrons. The SMILES string of the molecule is O=C(CN1CN(c2ccccc2)C2(CCN(C(=O)Nc3cccc(C(F)(F)F)c3)CC2)C1=O)NCc1ccc2c(c1)OCO2. The van der Waals surface area contributed by atoms with Crippen LogP contribution in [0.3, 0.4) is 0 Å². The molecule has 3 aliphatic heterocycles. The first-order valence-corrected chi connectivity index (χ1v) is 14.1. The maximum absolute atomic E-state index is 14.0. The standard InChI is InChI=1S/C31H30F3N5O5/c32-31(33,34)22-5-4-6-23(16-22)36-29(42)37-13-11-30(12-14-37)28(41)38(19-39(30)24-7-2-1-3-8-24)18-27(40)35-17-21-9-10-25-26(15-21)44-20-43-25/h1-10,15-16H,11-14,17-20H2,(H,35,40)(H,36,42). The molecule has 44 heavy (non-hydrogen) atoms. The van der Waals surface area contributed by atoms with Crippen LogP contribution in [0.2, 0.25) is 0 Å². The summed E-state index contributed by atoms with van der Waals surface area (Å²) in [5.74, 6) is 0.728. The van der Waals surface area contributed by atoms with Crippen LogP contribution in [0.25, 0.3) is 0 Å². The minimum Gasteiger partial charge on any atom is -0.454 e. The van der Waals surface area contributed by atoms with E-state index in [1.165, 1.54) is 21.9 Å². The fraction of sp³-hybridized carbons (Fsp3) is 0.323. The lowest BCUT2D eigenvalue weighted by atomic mass is 9.85. The molecule has 0 saturated carbocycles. The molecule has 230 valence electrons. The molecule has 2 N–H and O–H groups in total.